The predicted molar refractivity (Wildman–Crippen MR) is 104 cm³/mol. The van der Waals surface area contributed by atoms with Crippen LogP contribution in [0.25, 0.3) is 0 Å². The van der Waals surface area contributed by atoms with E-state index in [-0.39, 0.29) is 4.35 Å². The van der Waals surface area contributed by atoms with Crippen LogP contribution in [0.3, 0.4) is 0 Å². The number of ether oxygens (including phenoxy) is 1. The van der Waals surface area contributed by atoms with Gasteiger partial charge in [0, 0.05) is 0 Å². The first-order valence-electron chi connectivity index (χ1n) is 8.25. The van der Waals surface area contributed by atoms with Crippen molar-refractivity contribution in [3.05, 3.63) is 91.0 Å². The summed E-state index contributed by atoms with van der Waals surface area (Å²) in [5, 5.41) is 8.54. The number of carbonyl (C=O) groups is 1. The second kappa shape index (κ2) is 11.1. The molecule has 0 heterocycles. The van der Waals surface area contributed by atoms with Crippen LogP contribution in [0.1, 0.15) is 6.92 Å². The molecule has 0 aromatic heterocycles. The molecule has 0 aliphatic carbocycles. The van der Waals surface area contributed by atoms with E-state index in [4.69, 9.17) is 9.99 Å². The Morgan fingerprint density at radius 2 is 1.25 bits per heavy atom. The van der Waals surface area contributed by atoms with Gasteiger partial charge in [-0.15, -0.1) is 0 Å². The molecular formula is C20H20AsNO6. The van der Waals surface area contributed by atoms with E-state index in [0.29, 0.717) is 0 Å². The van der Waals surface area contributed by atoms with Gasteiger partial charge in [-0.2, -0.15) is 0 Å². The summed E-state index contributed by atoms with van der Waals surface area (Å²) < 4.78 is 26.0. The molecule has 1 amide bonds. The summed E-state index contributed by atoms with van der Waals surface area (Å²) in [5.41, 5.74) is 1.88. The van der Waals surface area contributed by atoms with Crippen molar-refractivity contribution in [3.8, 4) is 11.5 Å². The number of carbonyl (C=O) groups excluding carboxylic acids is 1. The number of benzene rings is 3. The van der Waals surface area contributed by atoms with E-state index in [0.717, 1.165) is 11.5 Å². The minimum absolute atomic E-state index is 0.201. The maximum atomic E-state index is 11.8. The summed E-state index contributed by atoms with van der Waals surface area (Å²) in [5.74, 6) is 1.20. The summed E-state index contributed by atoms with van der Waals surface area (Å²) in [6, 6.07) is 27.4. The summed E-state index contributed by atoms with van der Waals surface area (Å²) in [6.45, 7) is 1.18. The van der Waals surface area contributed by atoms with Gasteiger partial charge in [-0.3, -0.25) is 0 Å². The van der Waals surface area contributed by atoms with Gasteiger partial charge in [0.1, 0.15) is 11.5 Å². The monoisotopic (exact) mass is 445 g/mol. The molecule has 0 spiro atoms. The SMILES string of the molecule is CC(=O)NO[As](=O)(OO)c1ccccc1.c1ccc(Oc2ccccc2)cc1. The van der Waals surface area contributed by atoms with Gasteiger partial charge in [-0.1, -0.05) is 36.4 Å². The predicted octanol–water partition coefficient (Wildman–Crippen LogP) is 3.30. The van der Waals surface area contributed by atoms with Crippen LogP contribution in [-0.2, 0) is 16.2 Å². The molecule has 1 atom stereocenters. The van der Waals surface area contributed by atoms with Gasteiger partial charge in [0.15, 0.2) is 0 Å². The Kier molecular flexibility index (Phi) is 8.52. The molecular weight excluding hydrogens is 425 g/mol. The largest absolute Gasteiger partial charge is 0.457 e. The van der Waals surface area contributed by atoms with Gasteiger partial charge in [0.2, 0.25) is 0 Å². The third-order valence-electron chi connectivity index (χ3n) is 3.21. The summed E-state index contributed by atoms with van der Waals surface area (Å²) >= 11 is -4.55. The molecule has 3 aromatic carbocycles. The van der Waals surface area contributed by atoms with Crippen molar-refractivity contribution in [3.63, 3.8) is 0 Å². The van der Waals surface area contributed by atoms with Crippen molar-refractivity contribution in [2.75, 3.05) is 0 Å². The minimum atomic E-state index is -4.55. The quantitative estimate of drug-likeness (QED) is 0.344. The Hall–Kier alpha value is -2.83. The maximum absolute atomic E-state index is 11.8. The minimum Gasteiger partial charge on any atom is -0.457 e. The number of hydrogen-bond donors (Lipinski definition) is 2. The second-order valence-electron chi connectivity index (χ2n) is 5.39. The van der Waals surface area contributed by atoms with Crippen LogP contribution in [0, 0.1) is 0 Å². The first-order chi connectivity index (χ1) is 13.5. The molecule has 8 heteroatoms. The van der Waals surface area contributed by atoms with E-state index >= 15 is 0 Å². The maximum Gasteiger partial charge on any atom is 0.127 e. The zero-order valence-corrected chi connectivity index (χ0v) is 17.0. The van der Waals surface area contributed by atoms with Crippen molar-refractivity contribution in [2.45, 2.75) is 6.92 Å². The van der Waals surface area contributed by atoms with Crippen molar-refractivity contribution in [1.82, 2.24) is 5.48 Å². The average molecular weight is 445 g/mol. The Balaban J connectivity index is 0.000000202. The van der Waals surface area contributed by atoms with Gasteiger partial charge in [-0.05, 0) is 24.3 Å². The summed E-state index contributed by atoms with van der Waals surface area (Å²) in [7, 11) is 0. The van der Waals surface area contributed by atoms with Crippen molar-refractivity contribution in [2.24, 2.45) is 0 Å². The van der Waals surface area contributed by atoms with E-state index in [1.165, 1.54) is 19.1 Å². The molecule has 3 rings (SSSR count). The van der Waals surface area contributed by atoms with Crippen LogP contribution in [0.4, 0.5) is 0 Å². The fraction of sp³-hybridized carbons (Fsp3) is 0.0500. The third-order valence-corrected chi connectivity index (χ3v) is 6.31. The molecule has 0 radical (unpaired) electrons. The van der Waals surface area contributed by atoms with E-state index in [2.05, 4.69) is 7.70 Å². The molecule has 2 N–H and O–H groups in total. The number of amides is 1. The van der Waals surface area contributed by atoms with Crippen LogP contribution in [0.15, 0.2) is 91.0 Å². The van der Waals surface area contributed by atoms with Gasteiger partial charge >= 0.3 is 88.7 Å². The van der Waals surface area contributed by atoms with Crippen molar-refractivity contribution < 1.29 is 26.2 Å². The van der Waals surface area contributed by atoms with Crippen LogP contribution < -0.4 is 14.6 Å². The molecule has 0 saturated heterocycles. The van der Waals surface area contributed by atoms with E-state index < -0.39 is 20.1 Å². The van der Waals surface area contributed by atoms with Crippen molar-refractivity contribution in [1.29, 1.82) is 0 Å². The smallest absolute Gasteiger partial charge is 0.127 e. The van der Waals surface area contributed by atoms with E-state index in [9.17, 15) is 8.53 Å². The van der Waals surface area contributed by atoms with Crippen molar-refractivity contribution >= 4 is 24.4 Å². The number of nitrogens with one attached hydrogen (secondary N) is 1. The fourth-order valence-electron chi connectivity index (χ4n) is 1.96. The normalized spacial score (nSPS) is 12.1. The van der Waals surface area contributed by atoms with Crippen LogP contribution >= 0.6 is 0 Å². The fourth-order valence-corrected chi connectivity index (χ4v) is 4.10. The molecule has 0 saturated carbocycles. The second-order valence-corrected chi connectivity index (χ2v) is 9.29. The number of hydroxylamine groups is 1. The Labute approximate surface area is 165 Å². The molecule has 0 fully saturated rings. The van der Waals surface area contributed by atoms with Gasteiger partial charge < -0.3 is 4.74 Å². The standard InChI is InChI=1S/C12H10O.C8H10AsNO5/c1-3-7-11(8-4-1)13-12-9-5-2-6-10-12;1-7(11)10-14-9(12,15-13)8-5-3-2-4-6-8/h1-10H;2-6,13H,1H3,(H,10,11). The Bertz CT molecular complexity index is 853. The summed E-state index contributed by atoms with van der Waals surface area (Å²) in [6.07, 6.45) is 0. The van der Waals surface area contributed by atoms with Gasteiger partial charge in [0.25, 0.3) is 0 Å². The number of hydrogen-bond acceptors (Lipinski definition) is 6. The molecule has 1 unspecified atom stereocenters. The van der Waals surface area contributed by atoms with E-state index in [1.54, 1.807) is 18.2 Å². The molecule has 3 aromatic rings. The Morgan fingerprint density at radius 1 is 0.821 bits per heavy atom. The zero-order valence-electron chi connectivity index (χ0n) is 15.1. The molecule has 146 valence electrons. The molecule has 7 nitrogen and oxygen atoms in total. The third kappa shape index (κ3) is 7.06. The first-order valence-corrected chi connectivity index (χ1v) is 11.5. The molecule has 28 heavy (non-hydrogen) atoms. The average Bonchev–Trinajstić information content (AvgIpc) is 2.74. The number of para-hydroxylation sites is 2. The topological polar surface area (TPSA) is 94.1 Å². The molecule has 0 aliphatic heterocycles. The van der Waals surface area contributed by atoms with Crippen LogP contribution in [0.5, 0.6) is 11.5 Å². The van der Waals surface area contributed by atoms with Gasteiger partial charge in [0.05, 0.1) is 0 Å². The summed E-state index contributed by atoms with van der Waals surface area (Å²) in [4.78, 5) is 10.6. The van der Waals surface area contributed by atoms with Crippen LogP contribution in [-0.4, -0.2) is 25.3 Å². The molecule has 0 aliphatic rings. The number of rotatable bonds is 6. The zero-order chi connectivity index (χ0) is 20.2. The van der Waals surface area contributed by atoms with E-state index in [1.807, 2.05) is 66.1 Å². The van der Waals surface area contributed by atoms with Crippen LogP contribution in [0.2, 0.25) is 0 Å². The van der Waals surface area contributed by atoms with Gasteiger partial charge in [-0.25, -0.2) is 0 Å². The first kappa shape index (κ1) is 21.5. The molecule has 0 bridgehead atoms. The Morgan fingerprint density at radius 3 is 1.64 bits per heavy atom.